The van der Waals surface area contributed by atoms with Crippen LogP contribution in [0.4, 0.5) is 0 Å². The number of nitrogens with two attached hydrogens (primary N) is 4. The number of amides is 11. The highest BCUT2D eigenvalue weighted by Gasteiger charge is 2.36. The number of hydrogen-bond acceptors (Lipinski definition) is 19. The molecule has 33 nitrogen and oxygen atoms in total. The number of benzene rings is 1. The molecular weight excluding hydrogens is 1090 g/mol. The van der Waals surface area contributed by atoms with E-state index >= 15 is 0 Å². The number of carboxylic acids is 1. The highest BCUT2D eigenvalue weighted by atomic mass is 16.4. The lowest BCUT2D eigenvalue weighted by atomic mass is 10.0. The summed E-state index contributed by atoms with van der Waals surface area (Å²) in [5.74, 6) is -14.3. The molecule has 33 heteroatoms. The number of aromatic hydroxyl groups is 1. The third-order valence-electron chi connectivity index (χ3n) is 12.0. The molecule has 0 saturated carbocycles. The number of carbonyl (C=O) groups excluding carboxylic acids is 11. The maximum absolute atomic E-state index is 13.8. The molecule has 460 valence electrons. The predicted octanol–water partition coefficient (Wildman–Crippen LogP) is -8.78. The van der Waals surface area contributed by atoms with Crippen molar-refractivity contribution < 1.29 is 88.2 Å². The number of nitrogens with one attached hydrogen (secondary N) is 10. The quantitative estimate of drug-likeness (QED) is 0.0167. The van der Waals surface area contributed by atoms with Gasteiger partial charge in [-0.15, -0.1) is 0 Å². The molecule has 11 atom stereocenters. The van der Waals surface area contributed by atoms with E-state index in [2.05, 4.69) is 58.2 Å². The lowest BCUT2D eigenvalue weighted by Gasteiger charge is -2.28. The fourth-order valence-corrected chi connectivity index (χ4v) is 7.23. The molecule has 0 spiro atoms. The van der Waals surface area contributed by atoms with Gasteiger partial charge in [0.05, 0.1) is 32.5 Å². The van der Waals surface area contributed by atoms with Crippen molar-refractivity contribution in [3.8, 4) is 5.75 Å². The van der Waals surface area contributed by atoms with Crippen LogP contribution in [0.2, 0.25) is 0 Å². The third kappa shape index (κ3) is 25.9. The maximum Gasteiger partial charge on any atom is 0.325 e. The van der Waals surface area contributed by atoms with Gasteiger partial charge in [-0.1, -0.05) is 39.8 Å². The van der Waals surface area contributed by atoms with E-state index in [1.54, 1.807) is 13.8 Å². The van der Waals surface area contributed by atoms with Crippen molar-refractivity contribution in [2.75, 3.05) is 33.0 Å². The molecule has 11 amide bonds. The van der Waals surface area contributed by atoms with Crippen LogP contribution in [0.5, 0.6) is 5.75 Å². The lowest BCUT2D eigenvalue weighted by molar-refractivity contribution is -0.142. The van der Waals surface area contributed by atoms with Gasteiger partial charge in [-0.3, -0.25) is 62.5 Å². The van der Waals surface area contributed by atoms with Crippen LogP contribution in [-0.2, 0) is 64.0 Å². The van der Waals surface area contributed by atoms with Crippen LogP contribution in [0.15, 0.2) is 29.3 Å². The molecule has 0 heterocycles. The van der Waals surface area contributed by atoms with Gasteiger partial charge in [0, 0.05) is 19.4 Å². The van der Waals surface area contributed by atoms with Crippen LogP contribution in [0, 0.1) is 11.8 Å². The number of carboxylic acid groups (broad SMARTS) is 1. The van der Waals surface area contributed by atoms with Crippen molar-refractivity contribution in [1.29, 1.82) is 0 Å². The van der Waals surface area contributed by atoms with E-state index in [0.29, 0.717) is 12.0 Å². The second kappa shape index (κ2) is 36.2. The van der Waals surface area contributed by atoms with Crippen molar-refractivity contribution in [3.05, 3.63) is 29.8 Å². The van der Waals surface area contributed by atoms with Crippen LogP contribution < -0.4 is 76.1 Å². The van der Waals surface area contributed by atoms with Crippen molar-refractivity contribution in [2.45, 2.75) is 147 Å². The van der Waals surface area contributed by atoms with Crippen LogP contribution >= 0.6 is 0 Å². The number of aliphatic imine (C=N–C) groups is 1. The minimum absolute atomic E-state index is 0.0300. The minimum Gasteiger partial charge on any atom is -0.508 e. The van der Waals surface area contributed by atoms with Crippen LogP contribution in [-0.4, -0.2) is 207 Å². The fraction of sp³-hybridized carbons (Fsp3) is 0.612. The Balaban J connectivity index is 3.22. The number of aliphatic hydroxyl groups is 4. The Bertz CT molecular complexity index is 2390. The molecule has 0 bridgehead atoms. The van der Waals surface area contributed by atoms with E-state index < -0.39 is 183 Å². The molecule has 0 saturated heterocycles. The van der Waals surface area contributed by atoms with Crippen molar-refractivity contribution >= 4 is 76.9 Å². The first-order chi connectivity index (χ1) is 38.4. The highest BCUT2D eigenvalue weighted by Crippen LogP contribution is 2.13. The van der Waals surface area contributed by atoms with Gasteiger partial charge < -0.3 is 107 Å². The first-order valence-corrected chi connectivity index (χ1v) is 26.0. The molecule has 0 aliphatic rings. The van der Waals surface area contributed by atoms with Crippen molar-refractivity contribution in [1.82, 2.24) is 53.2 Å². The number of hydrogen-bond donors (Lipinski definition) is 20. The molecule has 0 aromatic heterocycles. The number of aliphatic hydroxyl groups excluding tert-OH is 4. The maximum atomic E-state index is 13.8. The lowest BCUT2D eigenvalue weighted by Crippen LogP contribution is -2.62. The first-order valence-electron chi connectivity index (χ1n) is 26.0. The van der Waals surface area contributed by atoms with Crippen molar-refractivity contribution in [2.24, 2.45) is 39.8 Å². The Morgan fingerprint density at radius 1 is 0.488 bits per heavy atom. The third-order valence-corrected chi connectivity index (χ3v) is 12.0. The number of rotatable bonds is 37. The smallest absolute Gasteiger partial charge is 0.325 e. The molecule has 0 fully saturated rings. The summed E-state index contributed by atoms with van der Waals surface area (Å²) in [7, 11) is 0. The van der Waals surface area contributed by atoms with Gasteiger partial charge in [0.1, 0.15) is 66.2 Å². The molecule has 0 radical (unpaired) electrons. The summed E-state index contributed by atoms with van der Waals surface area (Å²) >= 11 is 0. The van der Waals surface area contributed by atoms with Gasteiger partial charge >= 0.3 is 5.97 Å². The molecule has 0 aliphatic heterocycles. The molecule has 0 aliphatic carbocycles. The zero-order valence-electron chi connectivity index (χ0n) is 46.4. The molecule has 0 unspecified atom stereocenters. The largest absolute Gasteiger partial charge is 0.508 e. The summed E-state index contributed by atoms with van der Waals surface area (Å²) in [5, 5.41) is 82.5. The minimum atomic E-state index is -1.89. The Morgan fingerprint density at radius 3 is 1.34 bits per heavy atom. The van der Waals surface area contributed by atoms with Gasteiger partial charge in [0.2, 0.25) is 65.0 Å². The summed E-state index contributed by atoms with van der Waals surface area (Å²) in [6.07, 6.45) is -0.838. The number of phenolic OH excluding ortho intramolecular Hbond substituents is 1. The van der Waals surface area contributed by atoms with E-state index in [1.165, 1.54) is 52.0 Å². The first kappa shape index (κ1) is 71.7. The van der Waals surface area contributed by atoms with E-state index in [1.807, 2.05) is 0 Å². The fourth-order valence-electron chi connectivity index (χ4n) is 7.23. The SMILES string of the molecule is CC(C)C[C@H](NC(=O)[C@H](Cc1ccc(O)cc1)NC(=O)[C@H](CO)NC(=O)[C@H](CO)NC(=O)[C@@H](NC(=O)[C@H](CO)NC(=O)[C@H](CCC(N)=O)NC(=O)[C@H](CO)NC(=O)[C@H](C)NC(=O)[C@@H](N)CCCN=C(N)N)C(C)C)C(=O)N[C@@H](C)C(=O)O. The molecule has 24 N–H and O–H groups in total. The summed E-state index contributed by atoms with van der Waals surface area (Å²) in [6.45, 7) is 4.54. The monoisotopic (exact) mass is 1170 g/mol. The van der Waals surface area contributed by atoms with E-state index in [9.17, 15) is 88.2 Å². The van der Waals surface area contributed by atoms with Gasteiger partial charge in [0.25, 0.3) is 0 Å². The molecule has 1 aromatic carbocycles. The van der Waals surface area contributed by atoms with Crippen LogP contribution in [0.3, 0.4) is 0 Å². The molecular formula is C49H81N15O18. The molecule has 1 aromatic rings. The van der Waals surface area contributed by atoms with E-state index in [-0.39, 0.29) is 43.4 Å². The Labute approximate surface area is 472 Å². The predicted molar refractivity (Wildman–Crippen MR) is 289 cm³/mol. The number of primary amides is 1. The van der Waals surface area contributed by atoms with Crippen molar-refractivity contribution in [3.63, 3.8) is 0 Å². The normalized spacial score (nSPS) is 15.1. The van der Waals surface area contributed by atoms with Gasteiger partial charge in [0.15, 0.2) is 5.96 Å². The van der Waals surface area contributed by atoms with E-state index in [0.717, 1.165) is 0 Å². The summed E-state index contributed by atoms with van der Waals surface area (Å²) < 4.78 is 0. The standard InChI is InChI=1S/C49H81N15O18/c1-22(2)16-30(41(74)56-25(6)48(81)82)58-42(75)31(17-26-9-11-27(69)12-10-26)59-44(77)33(19-66)62-45(78)34(20-67)63-47(80)37(23(3)4)64-46(79)35(21-68)61-40(73)29(13-14-36(51)70)57-43(76)32(18-65)60-38(71)24(5)55-39(72)28(50)8-7-15-54-49(52)53/h9-12,22-25,28-35,37,65-69H,7-8,13-21,50H2,1-6H3,(H2,51,70)(H,55,72)(H,56,74)(H,57,76)(H,58,75)(H,59,77)(H,60,71)(H,61,73)(H,62,78)(H,63,80)(H,64,79)(H,81,82)(H4,52,53,54)/t24-,25-,28-,29-,30-,31-,32-,33-,34-,35-,37-/m0/s1. The summed E-state index contributed by atoms with van der Waals surface area (Å²) in [6, 6.07) is -11.8. The number of phenols is 1. The number of carbonyl (C=O) groups is 12. The number of guanidine groups is 1. The van der Waals surface area contributed by atoms with Gasteiger partial charge in [-0.05, 0) is 69.1 Å². The Kier molecular flexibility index (Phi) is 31.6. The highest BCUT2D eigenvalue weighted by molar-refractivity contribution is 5.99. The van der Waals surface area contributed by atoms with Crippen LogP contribution in [0.1, 0.15) is 79.2 Å². The summed E-state index contributed by atoms with van der Waals surface area (Å²) in [5.41, 5.74) is 22.1. The molecule has 1 rings (SSSR count). The zero-order valence-corrected chi connectivity index (χ0v) is 46.4. The van der Waals surface area contributed by atoms with Gasteiger partial charge in [-0.2, -0.15) is 0 Å². The van der Waals surface area contributed by atoms with Crippen LogP contribution in [0.25, 0.3) is 0 Å². The number of aliphatic carboxylic acids is 1. The Hall–Kier alpha value is -8.27. The summed E-state index contributed by atoms with van der Waals surface area (Å²) in [4.78, 5) is 161. The second-order valence-electron chi connectivity index (χ2n) is 19.7. The second-order valence-corrected chi connectivity index (χ2v) is 19.7. The van der Waals surface area contributed by atoms with E-state index in [4.69, 9.17) is 22.9 Å². The molecule has 82 heavy (non-hydrogen) atoms. The van der Waals surface area contributed by atoms with Gasteiger partial charge in [-0.25, -0.2) is 0 Å². The Morgan fingerprint density at radius 2 is 0.890 bits per heavy atom. The average Bonchev–Trinajstić information content (AvgIpc) is 3.46. The average molecular weight is 1170 g/mol. The topological polar surface area (TPSA) is 563 Å². The number of nitrogens with zero attached hydrogens (tertiary/aromatic N) is 1. The zero-order chi connectivity index (χ0) is 62.6.